The zero-order valence-corrected chi connectivity index (χ0v) is 11.5. The highest BCUT2D eigenvalue weighted by molar-refractivity contribution is 6.32. The standard InChI is InChI=1S/C13H9ClFN3O3/c1-21-13(20)12-11(17)6(4-16)5-18(12)7-2-3-8(19)9(14)10(7)15/h2-3,5,19H,17H2,1H3. The molecule has 0 radical (unpaired) electrons. The fourth-order valence-electron chi connectivity index (χ4n) is 1.82. The first-order valence-electron chi connectivity index (χ1n) is 5.59. The van der Waals surface area contributed by atoms with E-state index in [-0.39, 0.29) is 22.6 Å². The number of benzene rings is 1. The summed E-state index contributed by atoms with van der Waals surface area (Å²) in [6.07, 6.45) is 1.19. The van der Waals surface area contributed by atoms with Crippen molar-refractivity contribution >= 4 is 23.3 Å². The molecule has 108 valence electrons. The molecule has 8 heteroatoms. The lowest BCUT2D eigenvalue weighted by molar-refractivity contribution is 0.0593. The van der Waals surface area contributed by atoms with Crippen LogP contribution in [0.2, 0.25) is 5.02 Å². The second kappa shape index (κ2) is 5.34. The van der Waals surface area contributed by atoms with E-state index in [9.17, 15) is 14.3 Å². The number of methoxy groups -OCH3 is 1. The van der Waals surface area contributed by atoms with E-state index in [1.807, 2.05) is 0 Å². The molecule has 3 N–H and O–H groups in total. The summed E-state index contributed by atoms with van der Waals surface area (Å²) in [6, 6.07) is 4.15. The lowest BCUT2D eigenvalue weighted by Crippen LogP contribution is -2.12. The number of nitrogen functional groups attached to an aromatic ring is 1. The first-order chi connectivity index (χ1) is 9.92. The number of aromatic nitrogens is 1. The Hall–Kier alpha value is -2.72. The molecule has 0 spiro atoms. The number of phenols is 1. The Kier molecular flexibility index (Phi) is 3.74. The molecule has 0 bridgehead atoms. The predicted octanol–water partition coefficient (Wildman–Crippen LogP) is 2.22. The van der Waals surface area contributed by atoms with E-state index in [2.05, 4.69) is 4.74 Å². The van der Waals surface area contributed by atoms with Gasteiger partial charge in [0.25, 0.3) is 0 Å². The van der Waals surface area contributed by atoms with Crippen LogP contribution in [0.1, 0.15) is 16.1 Å². The van der Waals surface area contributed by atoms with Crippen LogP contribution in [-0.4, -0.2) is 22.8 Å². The lowest BCUT2D eigenvalue weighted by atomic mass is 10.2. The van der Waals surface area contributed by atoms with Gasteiger partial charge in [0.2, 0.25) is 0 Å². The molecule has 21 heavy (non-hydrogen) atoms. The number of carbonyl (C=O) groups excluding carboxylic acids is 1. The third-order valence-corrected chi connectivity index (χ3v) is 3.20. The van der Waals surface area contributed by atoms with Gasteiger partial charge >= 0.3 is 5.97 Å². The number of rotatable bonds is 2. The first-order valence-corrected chi connectivity index (χ1v) is 5.96. The van der Waals surface area contributed by atoms with Crippen molar-refractivity contribution in [3.8, 4) is 17.5 Å². The SMILES string of the molecule is COC(=O)c1c(N)c(C#N)cn1-c1ccc(O)c(Cl)c1F. The number of nitriles is 1. The van der Waals surface area contributed by atoms with E-state index < -0.39 is 22.6 Å². The molecule has 0 amide bonds. The fourth-order valence-corrected chi connectivity index (χ4v) is 1.98. The molecule has 0 atom stereocenters. The van der Waals surface area contributed by atoms with Gasteiger partial charge in [-0.15, -0.1) is 0 Å². The third kappa shape index (κ3) is 2.26. The van der Waals surface area contributed by atoms with E-state index in [0.717, 1.165) is 17.7 Å². The summed E-state index contributed by atoms with van der Waals surface area (Å²) in [5.41, 5.74) is 5.20. The number of hydrogen-bond acceptors (Lipinski definition) is 5. The quantitative estimate of drug-likeness (QED) is 0.828. The Morgan fingerprint density at radius 2 is 2.24 bits per heavy atom. The average Bonchev–Trinajstić information content (AvgIpc) is 2.80. The molecule has 0 fully saturated rings. The van der Waals surface area contributed by atoms with E-state index in [0.29, 0.717) is 0 Å². The molecule has 0 saturated heterocycles. The molecule has 1 aromatic carbocycles. The Morgan fingerprint density at radius 3 is 2.81 bits per heavy atom. The summed E-state index contributed by atoms with van der Waals surface area (Å²) in [4.78, 5) is 11.8. The molecule has 0 unspecified atom stereocenters. The molecule has 1 heterocycles. The third-order valence-electron chi connectivity index (χ3n) is 2.84. The molecule has 2 aromatic rings. The van der Waals surface area contributed by atoms with Gasteiger partial charge in [-0.3, -0.25) is 0 Å². The molecule has 0 saturated carbocycles. The highest BCUT2D eigenvalue weighted by Gasteiger charge is 2.24. The van der Waals surface area contributed by atoms with Gasteiger partial charge in [-0.05, 0) is 12.1 Å². The number of nitrogens with two attached hydrogens (primary N) is 1. The Bertz CT molecular complexity index is 780. The highest BCUT2D eigenvalue weighted by atomic mass is 35.5. The van der Waals surface area contributed by atoms with Crippen LogP contribution in [0.15, 0.2) is 18.3 Å². The van der Waals surface area contributed by atoms with Crippen molar-refractivity contribution in [2.45, 2.75) is 0 Å². The minimum atomic E-state index is -0.957. The second-order valence-corrected chi connectivity index (χ2v) is 4.39. The van der Waals surface area contributed by atoms with Crippen LogP contribution in [-0.2, 0) is 4.74 Å². The van der Waals surface area contributed by atoms with Crippen molar-refractivity contribution in [1.29, 1.82) is 5.26 Å². The number of anilines is 1. The van der Waals surface area contributed by atoms with Crippen LogP contribution in [0.4, 0.5) is 10.1 Å². The number of halogens is 2. The van der Waals surface area contributed by atoms with Gasteiger partial charge in [-0.2, -0.15) is 5.26 Å². The van der Waals surface area contributed by atoms with Crippen molar-refractivity contribution in [2.24, 2.45) is 0 Å². The molecule has 0 aliphatic heterocycles. The van der Waals surface area contributed by atoms with Crippen LogP contribution in [0.3, 0.4) is 0 Å². The summed E-state index contributed by atoms with van der Waals surface area (Å²) in [7, 11) is 1.13. The highest BCUT2D eigenvalue weighted by Crippen LogP contribution is 2.33. The van der Waals surface area contributed by atoms with Gasteiger partial charge in [0.05, 0.1) is 24.0 Å². The first kappa shape index (κ1) is 14.7. The number of carbonyl (C=O) groups is 1. The van der Waals surface area contributed by atoms with E-state index in [1.165, 1.54) is 12.3 Å². The molecule has 6 nitrogen and oxygen atoms in total. The molecule has 1 aromatic heterocycles. The minimum Gasteiger partial charge on any atom is -0.506 e. The maximum Gasteiger partial charge on any atom is 0.357 e. The topological polar surface area (TPSA) is 101 Å². The van der Waals surface area contributed by atoms with Crippen LogP contribution >= 0.6 is 11.6 Å². The van der Waals surface area contributed by atoms with Gasteiger partial charge in [-0.1, -0.05) is 11.6 Å². The number of esters is 1. The number of hydrogen-bond donors (Lipinski definition) is 2. The van der Waals surface area contributed by atoms with Crippen LogP contribution in [0.5, 0.6) is 5.75 Å². The van der Waals surface area contributed by atoms with Crippen LogP contribution in [0.25, 0.3) is 5.69 Å². The Labute approximate surface area is 123 Å². The predicted molar refractivity (Wildman–Crippen MR) is 72.9 cm³/mol. The summed E-state index contributed by atoms with van der Waals surface area (Å²) < 4.78 is 19.8. The molecule has 0 aliphatic rings. The number of ether oxygens (including phenoxy) is 1. The zero-order chi connectivity index (χ0) is 15.7. The Balaban J connectivity index is 2.79. The summed E-state index contributed by atoms with van der Waals surface area (Å²) in [6.45, 7) is 0. The average molecular weight is 310 g/mol. The summed E-state index contributed by atoms with van der Waals surface area (Å²) in [5, 5.41) is 17.8. The molecular weight excluding hydrogens is 301 g/mol. The van der Waals surface area contributed by atoms with Crippen LogP contribution < -0.4 is 5.73 Å². The van der Waals surface area contributed by atoms with E-state index in [4.69, 9.17) is 22.6 Å². The van der Waals surface area contributed by atoms with Crippen molar-refractivity contribution < 1.29 is 19.0 Å². The van der Waals surface area contributed by atoms with Gasteiger partial charge < -0.3 is 20.1 Å². The van der Waals surface area contributed by atoms with Crippen molar-refractivity contribution in [1.82, 2.24) is 4.57 Å². The second-order valence-electron chi connectivity index (χ2n) is 4.01. The Morgan fingerprint density at radius 1 is 1.57 bits per heavy atom. The molecule has 0 aliphatic carbocycles. The van der Waals surface area contributed by atoms with E-state index >= 15 is 0 Å². The normalized spacial score (nSPS) is 10.2. The number of nitrogens with zero attached hydrogens (tertiary/aromatic N) is 2. The van der Waals surface area contributed by atoms with Gasteiger partial charge in [0, 0.05) is 6.20 Å². The summed E-state index contributed by atoms with van der Waals surface area (Å²) >= 11 is 5.63. The number of phenolic OH excluding ortho intramolecular Hbond substituents is 1. The number of aromatic hydroxyl groups is 1. The summed E-state index contributed by atoms with van der Waals surface area (Å²) in [5.74, 6) is -2.24. The van der Waals surface area contributed by atoms with Crippen molar-refractivity contribution in [3.05, 3.63) is 40.4 Å². The fraction of sp³-hybridized carbons (Fsp3) is 0.0769. The minimum absolute atomic E-state index is 0.0148. The van der Waals surface area contributed by atoms with Gasteiger partial charge in [0.15, 0.2) is 11.5 Å². The van der Waals surface area contributed by atoms with Crippen molar-refractivity contribution in [2.75, 3.05) is 12.8 Å². The van der Waals surface area contributed by atoms with Crippen LogP contribution in [0, 0.1) is 17.1 Å². The zero-order valence-electron chi connectivity index (χ0n) is 10.7. The lowest BCUT2D eigenvalue weighted by Gasteiger charge is -2.10. The monoisotopic (exact) mass is 309 g/mol. The van der Waals surface area contributed by atoms with E-state index in [1.54, 1.807) is 6.07 Å². The van der Waals surface area contributed by atoms with Gasteiger partial charge in [0.1, 0.15) is 16.8 Å². The van der Waals surface area contributed by atoms with Gasteiger partial charge in [-0.25, -0.2) is 9.18 Å². The largest absolute Gasteiger partial charge is 0.506 e. The maximum atomic E-state index is 14.2. The molecule has 2 rings (SSSR count). The molecular formula is C13H9ClFN3O3. The van der Waals surface area contributed by atoms with Crippen molar-refractivity contribution in [3.63, 3.8) is 0 Å². The maximum absolute atomic E-state index is 14.2. The smallest absolute Gasteiger partial charge is 0.357 e.